The van der Waals surface area contributed by atoms with E-state index in [-0.39, 0.29) is 5.91 Å². The molecule has 1 aromatic carbocycles. The Morgan fingerprint density at radius 2 is 2.21 bits per heavy atom. The summed E-state index contributed by atoms with van der Waals surface area (Å²) >= 11 is 0. The summed E-state index contributed by atoms with van der Waals surface area (Å²) in [6.45, 7) is 2.28. The molecule has 104 valence electrons. The highest BCUT2D eigenvalue weighted by Crippen LogP contribution is 2.28. The SMILES string of the molecule is COc1cccc2c1CN(C(=O)CCN(C)C)CC2. The van der Waals surface area contributed by atoms with Crippen molar-refractivity contribution < 1.29 is 9.53 Å². The lowest BCUT2D eigenvalue weighted by atomic mass is 9.98. The van der Waals surface area contributed by atoms with E-state index in [0.29, 0.717) is 13.0 Å². The van der Waals surface area contributed by atoms with E-state index in [4.69, 9.17) is 4.74 Å². The van der Waals surface area contributed by atoms with E-state index in [2.05, 4.69) is 6.07 Å². The third kappa shape index (κ3) is 3.26. The molecule has 0 N–H and O–H groups in total. The van der Waals surface area contributed by atoms with Gasteiger partial charge in [0.2, 0.25) is 5.91 Å². The van der Waals surface area contributed by atoms with Gasteiger partial charge in [-0.15, -0.1) is 0 Å². The van der Waals surface area contributed by atoms with Crippen LogP contribution in [0.3, 0.4) is 0 Å². The van der Waals surface area contributed by atoms with Crippen LogP contribution >= 0.6 is 0 Å². The largest absolute Gasteiger partial charge is 0.496 e. The van der Waals surface area contributed by atoms with Crippen LogP contribution in [-0.4, -0.2) is 50.0 Å². The molecule has 2 rings (SSSR count). The highest BCUT2D eigenvalue weighted by molar-refractivity contribution is 5.76. The Labute approximate surface area is 115 Å². The number of hydrogen-bond donors (Lipinski definition) is 0. The zero-order chi connectivity index (χ0) is 13.8. The van der Waals surface area contributed by atoms with Crippen molar-refractivity contribution in [3.05, 3.63) is 29.3 Å². The second-order valence-corrected chi connectivity index (χ2v) is 5.22. The molecule has 1 heterocycles. The molecule has 0 fully saturated rings. The molecular formula is C15H22N2O2. The Kier molecular flexibility index (Phi) is 4.43. The number of amides is 1. The molecule has 4 heteroatoms. The van der Waals surface area contributed by atoms with Crippen molar-refractivity contribution in [1.82, 2.24) is 9.80 Å². The first-order valence-electron chi connectivity index (χ1n) is 6.69. The Morgan fingerprint density at radius 3 is 2.89 bits per heavy atom. The van der Waals surface area contributed by atoms with Gasteiger partial charge in [0.1, 0.15) is 5.75 Å². The predicted molar refractivity (Wildman–Crippen MR) is 75.3 cm³/mol. The van der Waals surface area contributed by atoms with Gasteiger partial charge in [0.25, 0.3) is 0 Å². The van der Waals surface area contributed by atoms with Crippen LogP contribution in [0.25, 0.3) is 0 Å². The van der Waals surface area contributed by atoms with Crippen LogP contribution in [0, 0.1) is 0 Å². The number of carbonyl (C=O) groups excluding carboxylic acids is 1. The number of methoxy groups -OCH3 is 1. The maximum Gasteiger partial charge on any atom is 0.224 e. The van der Waals surface area contributed by atoms with Crippen LogP contribution in [0.4, 0.5) is 0 Å². The molecule has 0 saturated carbocycles. The fraction of sp³-hybridized carbons (Fsp3) is 0.533. The number of nitrogens with zero attached hydrogens (tertiary/aromatic N) is 2. The van der Waals surface area contributed by atoms with Crippen molar-refractivity contribution in [2.45, 2.75) is 19.4 Å². The normalized spacial score (nSPS) is 14.4. The molecule has 4 nitrogen and oxygen atoms in total. The fourth-order valence-corrected chi connectivity index (χ4v) is 2.43. The van der Waals surface area contributed by atoms with Gasteiger partial charge >= 0.3 is 0 Å². The zero-order valence-corrected chi connectivity index (χ0v) is 12.0. The number of ether oxygens (including phenoxy) is 1. The first-order chi connectivity index (χ1) is 9.11. The van der Waals surface area contributed by atoms with Crippen LogP contribution in [0.5, 0.6) is 5.75 Å². The van der Waals surface area contributed by atoms with Crippen molar-refractivity contribution in [1.29, 1.82) is 0 Å². The molecule has 1 aliphatic heterocycles. The maximum absolute atomic E-state index is 12.2. The number of fused-ring (bicyclic) bond motifs is 1. The molecule has 0 bridgehead atoms. The summed E-state index contributed by atoms with van der Waals surface area (Å²) in [6, 6.07) is 6.10. The van der Waals surface area contributed by atoms with E-state index in [1.807, 2.05) is 36.0 Å². The van der Waals surface area contributed by atoms with Gasteiger partial charge < -0.3 is 14.5 Å². The van der Waals surface area contributed by atoms with Gasteiger partial charge in [0.15, 0.2) is 0 Å². The van der Waals surface area contributed by atoms with Crippen LogP contribution in [0.2, 0.25) is 0 Å². The lowest BCUT2D eigenvalue weighted by Crippen LogP contribution is -2.37. The molecule has 1 amide bonds. The van der Waals surface area contributed by atoms with E-state index < -0.39 is 0 Å². The Hall–Kier alpha value is -1.55. The fourth-order valence-electron chi connectivity index (χ4n) is 2.43. The smallest absolute Gasteiger partial charge is 0.224 e. The van der Waals surface area contributed by atoms with Crippen LogP contribution in [0.1, 0.15) is 17.5 Å². The van der Waals surface area contributed by atoms with Crippen molar-refractivity contribution in [3.63, 3.8) is 0 Å². The van der Waals surface area contributed by atoms with Gasteiger partial charge in [-0.25, -0.2) is 0 Å². The van der Waals surface area contributed by atoms with E-state index in [1.54, 1.807) is 7.11 Å². The number of hydrogen-bond acceptors (Lipinski definition) is 3. The van der Waals surface area contributed by atoms with Crippen molar-refractivity contribution >= 4 is 5.91 Å². The standard InChI is InChI=1S/C15H22N2O2/c1-16(2)9-8-15(18)17-10-7-12-5-4-6-14(19-3)13(12)11-17/h4-6H,7-11H2,1-3H3. The summed E-state index contributed by atoms with van der Waals surface area (Å²) in [4.78, 5) is 16.1. The second-order valence-electron chi connectivity index (χ2n) is 5.22. The minimum Gasteiger partial charge on any atom is -0.496 e. The first-order valence-corrected chi connectivity index (χ1v) is 6.69. The van der Waals surface area contributed by atoms with Gasteiger partial charge in [0, 0.05) is 31.6 Å². The average Bonchev–Trinajstić information content (AvgIpc) is 2.43. The molecule has 1 aromatic rings. The summed E-state index contributed by atoms with van der Waals surface area (Å²) in [5.74, 6) is 1.12. The minimum atomic E-state index is 0.227. The lowest BCUT2D eigenvalue weighted by molar-refractivity contribution is -0.132. The number of rotatable bonds is 4. The molecule has 1 aliphatic rings. The molecule has 0 radical (unpaired) electrons. The highest BCUT2D eigenvalue weighted by Gasteiger charge is 2.22. The van der Waals surface area contributed by atoms with Gasteiger partial charge in [-0.3, -0.25) is 4.79 Å². The molecule has 0 atom stereocenters. The molecule has 0 spiro atoms. The molecule has 0 aromatic heterocycles. The van der Waals surface area contributed by atoms with Gasteiger partial charge in [-0.05, 0) is 32.1 Å². The highest BCUT2D eigenvalue weighted by atomic mass is 16.5. The molecule has 19 heavy (non-hydrogen) atoms. The van der Waals surface area contributed by atoms with Crippen molar-refractivity contribution in [3.8, 4) is 5.75 Å². The minimum absolute atomic E-state index is 0.227. The second kappa shape index (κ2) is 6.06. The summed E-state index contributed by atoms with van der Waals surface area (Å²) in [6.07, 6.45) is 1.50. The van der Waals surface area contributed by atoms with E-state index in [0.717, 1.165) is 30.8 Å². The number of carbonyl (C=O) groups is 1. The Bertz CT molecular complexity index is 443. The Balaban J connectivity index is 2.06. The van der Waals surface area contributed by atoms with Crippen LogP contribution in [0.15, 0.2) is 18.2 Å². The zero-order valence-electron chi connectivity index (χ0n) is 12.0. The van der Waals surface area contributed by atoms with Gasteiger partial charge in [-0.2, -0.15) is 0 Å². The van der Waals surface area contributed by atoms with E-state index >= 15 is 0 Å². The predicted octanol–water partition coefficient (Wildman–Crippen LogP) is 1.53. The summed E-state index contributed by atoms with van der Waals surface area (Å²) in [7, 11) is 5.66. The molecule has 0 unspecified atom stereocenters. The van der Waals surface area contributed by atoms with Gasteiger partial charge in [0.05, 0.1) is 7.11 Å². The third-order valence-corrected chi connectivity index (χ3v) is 3.58. The summed E-state index contributed by atoms with van der Waals surface area (Å²) < 4.78 is 5.39. The summed E-state index contributed by atoms with van der Waals surface area (Å²) in [5, 5.41) is 0. The average molecular weight is 262 g/mol. The first kappa shape index (κ1) is 13.9. The van der Waals surface area contributed by atoms with Crippen LogP contribution in [-0.2, 0) is 17.8 Å². The van der Waals surface area contributed by atoms with Crippen LogP contribution < -0.4 is 4.74 Å². The summed E-state index contributed by atoms with van der Waals surface area (Å²) in [5.41, 5.74) is 2.46. The van der Waals surface area contributed by atoms with Gasteiger partial charge in [-0.1, -0.05) is 12.1 Å². The quantitative estimate of drug-likeness (QED) is 0.825. The molecular weight excluding hydrogens is 240 g/mol. The maximum atomic E-state index is 12.2. The van der Waals surface area contributed by atoms with Crippen molar-refractivity contribution in [2.75, 3.05) is 34.3 Å². The Morgan fingerprint density at radius 1 is 1.42 bits per heavy atom. The molecule has 0 saturated heterocycles. The third-order valence-electron chi connectivity index (χ3n) is 3.58. The molecule has 0 aliphatic carbocycles. The number of benzene rings is 1. The monoisotopic (exact) mass is 262 g/mol. The van der Waals surface area contributed by atoms with Crippen molar-refractivity contribution in [2.24, 2.45) is 0 Å². The topological polar surface area (TPSA) is 32.8 Å². The lowest BCUT2D eigenvalue weighted by Gasteiger charge is -2.30. The van der Waals surface area contributed by atoms with E-state index in [9.17, 15) is 4.79 Å². The van der Waals surface area contributed by atoms with E-state index in [1.165, 1.54) is 5.56 Å².